The van der Waals surface area contributed by atoms with Crippen LogP contribution in [0.4, 0.5) is 0 Å². The Hall–Kier alpha value is -0.863. The van der Waals surface area contributed by atoms with Crippen LogP contribution < -0.4 is 0 Å². The summed E-state index contributed by atoms with van der Waals surface area (Å²) in [6, 6.07) is 2.01. The molecule has 17 heavy (non-hydrogen) atoms. The normalized spacial score (nSPS) is 16.1. The lowest BCUT2D eigenvalue weighted by Gasteiger charge is -2.39. The Labute approximate surface area is 105 Å². The van der Waals surface area contributed by atoms with Crippen molar-refractivity contribution in [3.05, 3.63) is 0 Å². The van der Waals surface area contributed by atoms with E-state index in [0.29, 0.717) is 0 Å². The molecule has 0 aromatic rings. The number of nitrogens with zero attached hydrogens (tertiary/aromatic N) is 1. The molecule has 0 rings (SSSR count). The summed E-state index contributed by atoms with van der Waals surface area (Å²) in [7, 11) is -2.03. The van der Waals surface area contributed by atoms with E-state index in [1.165, 1.54) is 0 Å². The third-order valence-corrected chi connectivity index (χ3v) is 8.00. The van der Waals surface area contributed by atoms with Gasteiger partial charge in [0.1, 0.15) is 0 Å². The van der Waals surface area contributed by atoms with Crippen LogP contribution in [0.1, 0.15) is 34.1 Å². The number of carbonyl (C=O) groups is 1. The highest BCUT2D eigenvalue weighted by Gasteiger charge is 2.41. The third-order valence-electron chi connectivity index (χ3n) is 3.49. The van der Waals surface area contributed by atoms with E-state index in [4.69, 9.17) is 14.8 Å². The molecule has 0 spiro atoms. The van der Waals surface area contributed by atoms with E-state index in [1.54, 1.807) is 6.92 Å². The third kappa shape index (κ3) is 4.48. The number of rotatable bonds is 5. The summed E-state index contributed by atoms with van der Waals surface area (Å²) < 4.78 is 6.00. The van der Waals surface area contributed by atoms with Gasteiger partial charge in [-0.1, -0.05) is 20.8 Å². The summed E-state index contributed by atoms with van der Waals surface area (Å²) in [4.78, 5) is 11.0. The molecular weight excluding hydrogens is 234 g/mol. The van der Waals surface area contributed by atoms with E-state index in [1.807, 2.05) is 6.07 Å². The van der Waals surface area contributed by atoms with Gasteiger partial charge in [0.15, 0.2) is 8.32 Å². The van der Waals surface area contributed by atoms with Gasteiger partial charge in [0, 0.05) is 0 Å². The molecule has 0 aliphatic carbocycles. The fraction of sp³-hybridized carbons (Fsp3) is 0.833. The molecular formula is C12H23NO3Si. The summed E-state index contributed by atoms with van der Waals surface area (Å²) in [6.07, 6.45) is -0.390. The zero-order valence-electron chi connectivity index (χ0n) is 11.6. The zero-order valence-corrected chi connectivity index (χ0v) is 12.6. The minimum atomic E-state index is -2.03. The van der Waals surface area contributed by atoms with Crippen molar-refractivity contribution in [2.24, 2.45) is 5.92 Å². The van der Waals surface area contributed by atoms with Crippen molar-refractivity contribution in [1.29, 1.82) is 5.26 Å². The number of carboxylic acids is 1. The Morgan fingerprint density at radius 1 is 1.47 bits per heavy atom. The Bertz CT molecular complexity index is 315. The molecule has 4 nitrogen and oxygen atoms in total. The molecule has 2 atom stereocenters. The first-order chi connectivity index (χ1) is 7.53. The standard InChI is InChI=1S/C12H23NO3Si/c1-9(11(14)15)10(7-8-13)16-17(5,6)12(2,3)4/h9-10H,7H2,1-6H3,(H,14,15)/t9-,10?/m1/s1. The fourth-order valence-corrected chi connectivity index (χ4v) is 2.52. The molecule has 0 aromatic heterocycles. The lowest BCUT2D eigenvalue weighted by atomic mass is 10.0. The monoisotopic (exact) mass is 257 g/mol. The molecule has 0 aliphatic heterocycles. The molecule has 98 valence electrons. The molecule has 0 heterocycles. The molecule has 1 N–H and O–H groups in total. The van der Waals surface area contributed by atoms with Crippen molar-refractivity contribution in [3.8, 4) is 6.07 Å². The molecule has 0 aliphatic rings. The number of hydrogen-bond acceptors (Lipinski definition) is 3. The molecule has 0 amide bonds. The highest BCUT2D eigenvalue weighted by Crippen LogP contribution is 2.38. The predicted molar refractivity (Wildman–Crippen MR) is 69.1 cm³/mol. The van der Waals surface area contributed by atoms with Crippen molar-refractivity contribution in [2.45, 2.75) is 58.4 Å². The summed E-state index contributed by atoms with van der Waals surface area (Å²) in [5, 5.41) is 17.8. The van der Waals surface area contributed by atoms with Crippen LogP contribution >= 0.6 is 0 Å². The van der Waals surface area contributed by atoms with E-state index in [2.05, 4.69) is 33.9 Å². The number of carboxylic acid groups (broad SMARTS) is 1. The second kappa shape index (κ2) is 5.65. The van der Waals surface area contributed by atoms with Crippen LogP contribution in [0.25, 0.3) is 0 Å². The molecule has 1 unspecified atom stereocenters. The minimum absolute atomic E-state index is 0.0128. The van der Waals surface area contributed by atoms with Crippen molar-refractivity contribution >= 4 is 14.3 Å². The summed E-state index contributed by atoms with van der Waals surface area (Å²) in [5.74, 6) is -1.56. The molecule has 0 bridgehead atoms. The van der Waals surface area contributed by atoms with E-state index in [9.17, 15) is 4.79 Å². The Balaban J connectivity index is 4.90. The molecule has 0 radical (unpaired) electrons. The minimum Gasteiger partial charge on any atom is -0.481 e. The van der Waals surface area contributed by atoms with Crippen LogP contribution in [0.15, 0.2) is 0 Å². The van der Waals surface area contributed by atoms with E-state index < -0.39 is 26.3 Å². The van der Waals surface area contributed by atoms with Crippen LogP contribution in [-0.2, 0) is 9.22 Å². The van der Waals surface area contributed by atoms with Crippen LogP contribution in [0.2, 0.25) is 18.1 Å². The van der Waals surface area contributed by atoms with Gasteiger partial charge >= 0.3 is 5.97 Å². The van der Waals surface area contributed by atoms with Gasteiger partial charge in [0.05, 0.1) is 24.5 Å². The van der Waals surface area contributed by atoms with Gasteiger partial charge in [-0.15, -0.1) is 0 Å². The topological polar surface area (TPSA) is 70.3 Å². The molecule has 0 saturated carbocycles. The number of aliphatic carboxylic acids is 1. The summed E-state index contributed by atoms with van der Waals surface area (Å²) >= 11 is 0. The number of hydrogen-bond donors (Lipinski definition) is 1. The van der Waals surface area contributed by atoms with Crippen molar-refractivity contribution < 1.29 is 14.3 Å². The van der Waals surface area contributed by atoms with Crippen molar-refractivity contribution in [3.63, 3.8) is 0 Å². The second-order valence-electron chi connectivity index (χ2n) is 5.91. The predicted octanol–water partition coefficient (Wildman–Crippen LogP) is 3.01. The van der Waals surface area contributed by atoms with Crippen LogP contribution in [0.5, 0.6) is 0 Å². The van der Waals surface area contributed by atoms with E-state index in [0.717, 1.165) is 0 Å². The SMILES string of the molecule is C[C@@H](C(=O)O)C(CC#N)O[Si](C)(C)C(C)(C)C. The highest BCUT2D eigenvalue weighted by molar-refractivity contribution is 6.74. The van der Waals surface area contributed by atoms with E-state index in [-0.39, 0.29) is 11.5 Å². The largest absolute Gasteiger partial charge is 0.481 e. The molecule has 0 aromatic carbocycles. The zero-order chi connectivity index (χ0) is 13.9. The van der Waals surface area contributed by atoms with Gasteiger partial charge < -0.3 is 9.53 Å². The maximum Gasteiger partial charge on any atom is 0.308 e. The molecule has 0 fully saturated rings. The maximum atomic E-state index is 11.0. The van der Waals surface area contributed by atoms with Crippen LogP contribution in [-0.4, -0.2) is 25.5 Å². The van der Waals surface area contributed by atoms with Gasteiger partial charge in [0.25, 0.3) is 0 Å². The van der Waals surface area contributed by atoms with Crippen LogP contribution in [0.3, 0.4) is 0 Å². The van der Waals surface area contributed by atoms with Gasteiger partial charge in [0.2, 0.25) is 0 Å². The van der Waals surface area contributed by atoms with Gasteiger partial charge in [-0.25, -0.2) is 0 Å². The summed E-state index contributed by atoms with van der Waals surface area (Å²) in [6.45, 7) is 12.0. The lowest BCUT2D eigenvalue weighted by molar-refractivity contribution is -0.144. The average Bonchev–Trinajstić information content (AvgIpc) is 2.13. The Morgan fingerprint density at radius 3 is 2.24 bits per heavy atom. The maximum absolute atomic E-state index is 11.0. The molecule has 0 saturated heterocycles. The lowest BCUT2D eigenvalue weighted by Crippen LogP contribution is -2.46. The Kier molecular flexibility index (Phi) is 5.36. The van der Waals surface area contributed by atoms with E-state index >= 15 is 0 Å². The van der Waals surface area contributed by atoms with Gasteiger partial charge in [-0.3, -0.25) is 4.79 Å². The average molecular weight is 257 g/mol. The fourth-order valence-electron chi connectivity index (χ4n) is 1.12. The van der Waals surface area contributed by atoms with Gasteiger partial charge in [-0.05, 0) is 25.1 Å². The molecule has 5 heteroatoms. The first-order valence-corrected chi connectivity index (χ1v) is 8.71. The van der Waals surface area contributed by atoms with Crippen molar-refractivity contribution in [2.75, 3.05) is 0 Å². The van der Waals surface area contributed by atoms with Crippen molar-refractivity contribution in [1.82, 2.24) is 0 Å². The first kappa shape index (κ1) is 16.1. The Morgan fingerprint density at radius 2 is 1.94 bits per heavy atom. The second-order valence-corrected chi connectivity index (χ2v) is 10.7. The van der Waals surface area contributed by atoms with Gasteiger partial charge in [-0.2, -0.15) is 5.26 Å². The van der Waals surface area contributed by atoms with Crippen LogP contribution in [0, 0.1) is 17.2 Å². The summed E-state index contributed by atoms with van der Waals surface area (Å²) in [5.41, 5.74) is 0. The first-order valence-electron chi connectivity index (χ1n) is 5.80. The highest BCUT2D eigenvalue weighted by atomic mass is 28.4. The smallest absolute Gasteiger partial charge is 0.308 e. The quantitative estimate of drug-likeness (QED) is 0.769. The number of nitriles is 1.